The number of aliphatic hydroxyl groups is 1. The van der Waals surface area contributed by atoms with Gasteiger partial charge in [-0.15, -0.1) is 13.2 Å². The van der Waals surface area contributed by atoms with E-state index < -0.39 is 35.8 Å². The second kappa shape index (κ2) is 6.25. The summed E-state index contributed by atoms with van der Waals surface area (Å²) in [5.74, 6) is -2.02. The molecule has 0 spiro atoms. The summed E-state index contributed by atoms with van der Waals surface area (Å²) in [6, 6.07) is 3.65. The molecular formula is C12H10F3NO4. The standard InChI is InChI=1S/C12H10F3NO4/c1-2-19-11(18)8-4-3-7(6-17)9(5-16)10(8)20-12(13,14)15/h3-4,17H,2,6H2,1H3. The van der Waals surface area contributed by atoms with E-state index in [9.17, 15) is 18.0 Å². The van der Waals surface area contributed by atoms with Crippen molar-refractivity contribution in [3.8, 4) is 11.8 Å². The maximum absolute atomic E-state index is 12.4. The Morgan fingerprint density at radius 1 is 1.45 bits per heavy atom. The maximum atomic E-state index is 12.4. The van der Waals surface area contributed by atoms with Gasteiger partial charge >= 0.3 is 12.3 Å². The highest BCUT2D eigenvalue weighted by Gasteiger charge is 2.35. The molecule has 0 saturated carbocycles. The molecule has 0 aromatic heterocycles. The van der Waals surface area contributed by atoms with E-state index in [1.165, 1.54) is 13.0 Å². The fourth-order valence-electron chi connectivity index (χ4n) is 1.47. The van der Waals surface area contributed by atoms with Gasteiger partial charge in [-0.25, -0.2) is 4.79 Å². The molecule has 1 aromatic carbocycles. The fraction of sp³-hybridized carbons (Fsp3) is 0.333. The molecule has 0 radical (unpaired) electrons. The van der Waals surface area contributed by atoms with Gasteiger partial charge in [0.05, 0.1) is 13.2 Å². The molecule has 0 aliphatic heterocycles. The predicted molar refractivity (Wildman–Crippen MR) is 59.7 cm³/mol. The van der Waals surface area contributed by atoms with Crippen LogP contribution in [0.4, 0.5) is 13.2 Å². The average molecular weight is 289 g/mol. The van der Waals surface area contributed by atoms with Crippen LogP contribution in [-0.4, -0.2) is 24.0 Å². The summed E-state index contributed by atoms with van der Waals surface area (Å²) in [6.07, 6.45) is -5.08. The van der Waals surface area contributed by atoms with Crippen molar-refractivity contribution >= 4 is 5.97 Å². The number of halogens is 3. The molecule has 0 unspecified atom stereocenters. The number of ether oxygens (including phenoxy) is 2. The average Bonchev–Trinajstić information content (AvgIpc) is 2.36. The zero-order valence-corrected chi connectivity index (χ0v) is 10.3. The quantitative estimate of drug-likeness (QED) is 0.859. The number of rotatable bonds is 4. The van der Waals surface area contributed by atoms with Crippen LogP contribution in [0.15, 0.2) is 12.1 Å². The van der Waals surface area contributed by atoms with Crippen LogP contribution >= 0.6 is 0 Å². The van der Waals surface area contributed by atoms with Gasteiger partial charge in [-0.2, -0.15) is 5.26 Å². The summed E-state index contributed by atoms with van der Waals surface area (Å²) in [5.41, 5.74) is -1.17. The molecule has 20 heavy (non-hydrogen) atoms. The van der Waals surface area contributed by atoms with E-state index in [0.29, 0.717) is 0 Å². The lowest BCUT2D eigenvalue weighted by atomic mass is 10.0. The van der Waals surface area contributed by atoms with Crippen LogP contribution in [0.1, 0.15) is 28.4 Å². The molecule has 0 bridgehead atoms. The number of carbonyl (C=O) groups excluding carboxylic acids is 1. The number of alkyl halides is 3. The first-order chi connectivity index (χ1) is 9.34. The van der Waals surface area contributed by atoms with Gasteiger partial charge in [-0.05, 0) is 18.6 Å². The molecule has 0 aliphatic carbocycles. The number of nitriles is 1. The van der Waals surface area contributed by atoms with Gasteiger partial charge in [0.25, 0.3) is 0 Å². The second-order valence-electron chi connectivity index (χ2n) is 3.51. The summed E-state index contributed by atoms with van der Waals surface area (Å²) in [4.78, 5) is 11.6. The number of carbonyl (C=O) groups is 1. The molecule has 0 heterocycles. The minimum atomic E-state index is -5.08. The number of benzene rings is 1. The smallest absolute Gasteiger partial charge is 0.462 e. The van der Waals surface area contributed by atoms with Gasteiger partial charge in [0.15, 0.2) is 5.75 Å². The zero-order valence-electron chi connectivity index (χ0n) is 10.3. The van der Waals surface area contributed by atoms with Crippen molar-refractivity contribution in [3.63, 3.8) is 0 Å². The van der Waals surface area contributed by atoms with E-state index in [1.807, 2.05) is 0 Å². The Morgan fingerprint density at radius 3 is 2.55 bits per heavy atom. The molecule has 0 amide bonds. The van der Waals surface area contributed by atoms with E-state index >= 15 is 0 Å². The fourth-order valence-corrected chi connectivity index (χ4v) is 1.47. The molecule has 1 aromatic rings. The summed E-state index contributed by atoms with van der Waals surface area (Å²) in [7, 11) is 0. The predicted octanol–water partition coefficient (Wildman–Crippen LogP) is 2.13. The van der Waals surface area contributed by atoms with Crippen molar-refractivity contribution in [3.05, 3.63) is 28.8 Å². The Balaban J connectivity index is 3.45. The normalized spacial score (nSPS) is 10.8. The monoisotopic (exact) mass is 289 g/mol. The Bertz CT molecular complexity index is 549. The van der Waals surface area contributed by atoms with E-state index in [4.69, 9.17) is 10.4 Å². The van der Waals surface area contributed by atoms with Crippen molar-refractivity contribution in [1.29, 1.82) is 5.26 Å². The first-order valence-corrected chi connectivity index (χ1v) is 5.43. The molecule has 108 valence electrons. The lowest BCUT2D eigenvalue weighted by Gasteiger charge is -2.15. The van der Waals surface area contributed by atoms with Crippen LogP contribution in [0, 0.1) is 11.3 Å². The third-order valence-electron chi connectivity index (χ3n) is 2.24. The summed E-state index contributed by atoms with van der Waals surface area (Å²) in [6.45, 7) is 0.767. The van der Waals surface area contributed by atoms with E-state index in [-0.39, 0.29) is 12.2 Å². The van der Waals surface area contributed by atoms with Crippen molar-refractivity contribution in [2.24, 2.45) is 0 Å². The van der Waals surface area contributed by atoms with Gasteiger partial charge in [0.1, 0.15) is 17.2 Å². The van der Waals surface area contributed by atoms with Crippen molar-refractivity contribution in [2.75, 3.05) is 6.61 Å². The van der Waals surface area contributed by atoms with Gasteiger partial charge in [-0.3, -0.25) is 0 Å². The third-order valence-corrected chi connectivity index (χ3v) is 2.24. The van der Waals surface area contributed by atoms with Crippen LogP contribution in [0.5, 0.6) is 5.75 Å². The van der Waals surface area contributed by atoms with E-state index in [0.717, 1.165) is 12.1 Å². The number of aliphatic hydroxyl groups excluding tert-OH is 1. The van der Waals surface area contributed by atoms with Crippen LogP contribution in [0.3, 0.4) is 0 Å². The highest BCUT2D eigenvalue weighted by Crippen LogP contribution is 2.32. The summed E-state index contributed by atoms with van der Waals surface area (Å²) < 4.78 is 45.5. The molecule has 8 heteroatoms. The first-order valence-electron chi connectivity index (χ1n) is 5.43. The lowest BCUT2D eigenvalue weighted by Crippen LogP contribution is -2.21. The highest BCUT2D eigenvalue weighted by molar-refractivity contribution is 5.93. The Kier molecular flexibility index (Phi) is 4.94. The highest BCUT2D eigenvalue weighted by atomic mass is 19.4. The minimum absolute atomic E-state index is 0.0477. The van der Waals surface area contributed by atoms with Gasteiger partial charge in [0.2, 0.25) is 0 Å². The maximum Gasteiger partial charge on any atom is 0.573 e. The third kappa shape index (κ3) is 3.61. The summed E-state index contributed by atoms with van der Waals surface area (Å²) >= 11 is 0. The van der Waals surface area contributed by atoms with E-state index in [2.05, 4.69) is 9.47 Å². The molecule has 1 N–H and O–H groups in total. The topological polar surface area (TPSA) is 79.5 Å². The van der Waals surface area contributed by atoms with Crippen LogP contribution < -0.4 is 4.74 Å². The first kappa shape index (κ1) is 15.8. The second-order valence-corrected chi connectivity index (χ2v) is 3.51. The lowest BCUT2D eigenvalue weighted by molar-refractivity contribution is -0.274. The van der Waals surface area contributed by atoms with Gasteiger partial charge < -0.3 is 14.6 Å². The molecule has 0 saturated heterocycles. The number of hydrogen-bond acceptors (Lipinski definition) is 5. The van der Waals surface area contributed by atoms with Crippen molar-refractivity contribution in [1.82, 2.24) is 0 Å². The van der Waals surface area contributed by atoms with E-state index in [1.54, 1.807) is 0 Å². The zero-order chi connectivity index (χ0) is 15.3. The number of hydrogen-bond donors (Lipinski definition) is 1. The SMILES string of the molecule is CCOC(=O)c1ccc(CO)c(C#N)c1OC(F)(F)F. The van der Waals surface area contributed by atoms with Crippen molar-refractivity contribution in [2.45, 2.75) is 19.9 Å². The molecule has 0 fully saturated rings. The molecular weight excluding hydrogens is 279 g/mol. The van der Waals surface area contributed by atoms with Crippen LogP contribution in [0.25, 0.3) is 0 Å². The largest absolute Gasteiger partial charge is 0.573 e. The number of nitrogens with zero attached hydrogens (tertiary/aromatic N) is 1. The summed E-state index contributed by atoms with van der Waals surface area (Å²) in [5, 5.41) is 17.9. The molecule has 5 nitrogen and oxygen atoms in total. The number of esters is 1. The molecule has 0 aliphatic rings. The minimum Gasteiger partial charge on any atom is -0.462 e. The van der Waals surface area contributed by atoms with Crippen LogP contribution in [0.2, 0.25) is 0 Å². The van der Waals surface area contributed by atoms with Crippen LogP contribution in [-0.2, 0) is 11.3 Å². The van der Waals surface area contributed by atoms with Gasteiger partial charge in [-0.1, -0.05) is 6.07 Å². The van der Waals surface area contributed by atoms with Gasteiger partial charge in [0, 0.05) is 0 Å². The Labute approximate surface area is 112 Å². The van der Waals surface area contributed by atoms with Crippen molar-refractivity contribution < 1.29 is 32.5 Å². The Morgan fingerprint density at radius 2 is 2.10 bits per heavy atom. The molecule has 0 atom stereocenters. The Hall–Kier alpha value is -2.27. The molecule has 1 rings (SSSR count).